The number of hydrogen-bond donors (Lipinski definition) is 0. The number of aromatic nitrogens is 1. The van der Waals surface area contributed by atoms with Crippen LogP contribution in [0.5, 0.6) is 0 Å². The molecular weight excluding hydrogens is 729 g/mol. The van der Waals surface area contributed by atoms with Crippen LogP contribution in [0.1, 0.15) is 0 Å². The highest BCUT2D eigenvalue weighted by atomic mass is 32.1. The molecule has 3 aromatic heterocycles. The van der Waals surface area contributed by atoms with Crippen LogP contribution in [0, 0.1) is 0 Å². The Morgan fingerprint density at radius 2 is 1.05 bits per heavy atom. The SMILES string of the molecule is c1ccc(-c2ccc(N(c3cccc4c3oc3cc(-c5cccc6oc(-c7ccccc7)nc56)c5ccccc5c34)c3cccc4sc5ccccc5c34)cc2)cc1. The molecule has 0 aliphatic rings. The Balaban J connectivity index is 1.11. The molecule has 0 N–H and O–H groups in total. The second-order valence-electron chi connectivity index (χ2n) is 14.6. The molecule has 0 spiro atoms. The largest absolute Gasteiger partial charge is 0.454 e. The fraction of sp³-hybridized carbons (Fsp3) is 0. The van der Waals surface area contributed by atoms with Crippen LogP contribution in [0.4, 0.5) is 17.1 Å². The average molecular weight is 761 g/mol. The minimum atomic E-state index is 0.604. The molecule has 0 unspecified atom stereocenters. The average Bonchev–Trinajstić information content (AvgIpc) is 4.01. The van der Waals surface area contributed by atoms with Crippen molar-refractivity contribution in [3.05, 3.63) is 194 Å². The molecule has 9 aromatic carbocycles. The summed E-state index contributed by atoms with van der Waals surface area (Å²) in [4.78, 5) is 7.44. The monoisotopic (exact) mass is 760 g/mol. The van der Waals surface area contributed by atoms with E-state index in [2.05, 4.69) is 157 Å². The van der Waals surface area contributed by atoms with E-state index < -0.39 is 0 Å². The summed E-state index contributed by atoms with van der Waals surface area (Å²) in [6.45, 7) is 0. The van der Waals surface area contributed by atoms with Gasteiger partial charge in [-0.25, -0.2) is 4.98 Å². The molecule has 0 amide bonds. The van der Waals surface area contributed by atoms with E-state index >= 15 is 0 Å². The molecule has 0 saturated heterocycles. The van der Waals surface area contributed by atoms with Gasteiger partial charge in [0, 0.05) is 47.8 Å². The lowest BCUT2D eigenvalue weighted by Crippen LogP contribution is -2.10. The number of thiophene rings is 1. The first-order valence-electron chi connectivity index (χ1n) is 19.4. The van der Waals surface area contributed by atoms with Crippen molar-refractivity contribution in [3.8, 4) is 33.7 Å². The Kier molecular flexibility index (Phi) is 7.37. The molecule has 0 aliphatic carbocycles. The van der Waals surface area contributed by atoms with Crippen molar-refractivity contribution >= 4 is 92.4 Å². The third kappa shape index (κ3) is 5.11. The molecule has 0 bridgehead atoms. The first-order chi connectivity index (χ1) is 28.8. The predicted molar refractivity (Wildman–Crippen MR) is 243 cm³/mol. The van der Waals surface area contributed by atoms with Gasteiger partial charge in [-0.2, -0.15) is 0 Å². The minimum Gasteiger partial charge on any atom is -0.454 e. The molecule has 12 rings (SSSR count). The topological polar surface area (TPSA) is 42.4 Å². The zero-order valence-electron chi connectivity index (χ0n) is 31.1. The second-order valence-corrected chi connectivity index (χ2v) is 15.7. The maximum atomic E-state index is 7.16. The maximum Gasteiger partial charge on any atom is 0.227 e. The normalized spacial score (nSPS) is 11.8. The van der Waals surface area contributed by atoms with Gasteiger partial charge in [-0.1, -0.05) is 133 Å². The van der Waals surface area contributed by atoms with Gasteiger partial charge in [-0.15, -0.1) is 11.3 Å². The summed E-state index contributed by atoms with van der Waals surface area (Å²) in [6.07, 6.45) is 0. The Hall–Kier alpha value is -7.47. The van der Waals surface area contributed by atoms with Crippen LogP contribution in [0.2, 0.25) is 0 Å². The number of oxazole rings is 1. The summed E-state index contributed by atoms with van der Waals surface area (Å²) >= 11 is 1.83. The van der Waals surface area contributed by atoms with Crippen LogP contribution in [0.3, 0.4) is 0 Å². The van der Waals surface area contributed by atoms with Crippen LogP contribution < -0.4 is 4.90 Å². The van der Waals surface area contributed by atoms with Crippen LogP contribution in [-0.4, -0.2) is 4.98 Å². The fourth-order valence-electron chi connectivity index (χ4n) is 8.70. The molecule has 0 aliphatic heterocycles. The van der Waals surface area contributed by atoms with Crippen molar-refractivity contribution < 1.29 is 8.83 Å². The van der Waals surface area contributed by atoms with Crippen LogP contribution in [-0.2, 0) is 0 Å². The summed E-state index contributed by atoms with van der Waals surface area (Å²) in [5.41, 5.74) is 11.7. The summed E-state index contributed by atoms with van der Waals surface area (Å²) in [6, 6.07) is 68.4. The number of fused-ring (bicyclic) bond motifs is 9. The molecule has 0 fully saturated rings. The number of rotatable bonds is 6. The van der Waals surface area contributed by atoms with Crippen molar-refractivity contribution in [2.24, 2.45) is 0 Å². The molecule has 3 heterocycles. The van der Waals surface area contributed by atoms with Gasteiger partial charge < -0.3 is 13.7 Å². The molecule has 0 atom stereocenters. The zero-order chi connectivity index (χ0) is 38.2. The molecule has 4 nitrogen and oxygen atoms in total. The molecule has 0 radical (unpaired) electrons. The van der Waals surface area contributed by atoms with Crippen molar-refractivity contribution in [3.63, 3.8) is 0 Å². The molecule has 5 heteroatoms. The lowest BCUT2D eigenvalue weighted by molar-refractivity contribution is 0.620. The number of hydrogen-bond acceptors (Lipinski definition) is 5. The lowest BCUT2D eigenvalue weighted by Gasteiger charge is -2.26. The number of para-hydroxylation sites is 2. The Labute approximate surface area is 337 Å². The van der Waals surface area contributed by atoms with Gasteiger partial charge in [-0.3, -0.25) is 0 Å². The molecule has 12 aromatic rings. The highest BCUT2D eigenvalue weighted by Gasteiger charge is 2.24. The third-order valence-electron chi connectivity index (χ3n) is 11.3. The minimum absolute atomic E-state index is 0.604. The van der Waals surface area contributed by atoms with Gasteiger partial charge in [0.25, 0.3) is 0 Å². The highest BCUT2D eigenvalue weighted by molar-refractivity contribution is 7.26. The van der Waals surface area contributed by atoms with Gasteiger partial charge in [0.1, 0.15) is 11.1 Å². The highest BCUT2D eigenvalue weighted by Crippen LogP contribution is 2.49. The van der Waals surface area contributed by atoms with E-state index in [1.54, 1.807) is 0 Å². The summed E-state index contributed by atoms with van der Waals surface area (Å²) in [5.74, 6) is 0.604. The molecule has 58 heavy (non-hydrogen) atoms. The van der Waals surface area contributed by atoms with Gasteiger partial charge >= 0.3 is 0 Å². The first-order valence-corrected chi connectivity index (χ1v) is 20.3. The smallest absolute Gasteiger partial charge is 0.227 e. The molecule has 0 saturated carbocycles. The second kappa shape index (κ2) is 13.1. The van der Waals surface area contributed by atoms with Crippen LogP contribution in [0.25, 0.3) is 97.7 Å². The first kappa shape index (κ1) is 32.7. The number of furan rings is 1. The summed E-state index contributed by atoms with van der Waals surface area (Å²) < 4.78 is 16.0. The van der Waals surface area contributed by atoms with Crippen molar-refractivity contribution in [2.75, 3.05) is 4.90 Å². The van der Waals surface area contributed by atoms with E-state index in [1.165, 1.54) is 31.3 Å². The van der Waals surface area contributed by atoms with Gasteiger partial charge in [0.05, 0.1) is 11.4 Å². The van der Waals surface area contributed by atoms with E-state index in [0.717, 1.165) is 77.6 Å². The predicted octanol–water partition coefficient (Wildman–Crippen LogP) is 15.7. The Morgan fingerprint density at radius 1 is 0.414 bits per heavy atom. The van der Waals surface area contributed by atoms with E-state index in [1.807, 2.05) is 53.8 Å². The van der Waals surface area contributed by atoms with E-state index in [0.29, 0.717) is 5.89 Å². The lowest BCUT2D eigenvalue weighted by atomic mass is 9.94. The summed E-state index contributed by atoms with van der Waals surface area (Å²) in [7, 11) is 0. The van der Waals surface area contributed by atoms with Gasteiger partial charge in [0.15, 0.2) is 11.2 Å². The van der Waals surface area contributed by atoms with Crippen LogP contribution in [0.15, 0.2) is 203 Å². The van der Waals surface area contributed by atoms with Gasteiger partial charge in [0.2, 0.25) is 5.89 Å². The zero-order valence-corrected chi connectivity index (χ0v) is 31.9. The fourth-order valence-corrected chi connectivity index (χ4v) is 9.83. The van der Waals surface area contributed by atoms with E-state index in [-0.39, 0.29) is 0 Å². The Bertz CT molecular complexity index is 3510. The Morgan fingerprint density at radius 3 is 1.88 bits per heavy atom. The van der Waals surface area contributed by atoms with Crippen molar-refractivity contribution in [1.29, 1.82) is 0 Å². The number of benzene rings is 9. The van der Waals surface area contributed by atoms with Crippen molar-refractivity contribution in [1.82, 2.24) is 4.98 Å². The third-order valence-corrected chi connectivity index (χ3v) is 12.4. The van der Waals surface area contributed by atoms with E-state index in [4.69, 9.17) is 13.8 Å². The quantitative estimate of drug-likeness (QED) is 0.169. The summed E-state index contributed by atoms with van der Waals surface area (Å²) in [5, 5.41) is 6.88. The van der Waals surface area contributed by atoms with Crippen LogP contribution >= 0.6 is 11.3 Å². The number of nitrogens with zero attached hydrogens (tertiary/aromatic N) is 2. The molecule has 272 valence electrons. The molecular formula is C53H32N2O2S. The van der Waals surface area contributed by atoms with Gasteiger partial charge in [-0.05, 0) is 88.1 Å². The van der Waals surface area contributed by atoms with E-state index in [9.17, 15) is 0 Å². The maximum absolute atomic E-state index is 7.16. The number of anilines is 3. The van der Waals surface area contributed by atoms with Crippen molar-refractivity contribution in [2.45, 2.75) is 0 Å². The standard InChI is InChI=1S/C53H32N2O2S/c1-3-14-33(15-4-1)34-28-30-36(31-29-34)55(43-23-13-27-48-50(43)40-20-9-10-26-47(40)58-48)44-24-11-22-41-49-38-19-8-7-18-37(38)42(32-46(49)56-52(41)44)39-21-12-25-45-51(39)54-53(57-45)35-16-5-2-6-17-35/h1-32H.